The second kappa shape index (κ2) is 2.70. The Labute approximate surface area is 91.6 Å². The molecule has 0 spiro atoms. The summed E-state index contributed by atoms with van der Waals surface area (Å²) in [6, 6.07) is -0.549. The Morgan fingerprint density at radius 3 is 2.25 bits per heavy atom. The molecule has 2 aliphatic carbocycles. The van der Waals surface area contributed by atoms with Crippen LogP contribution in [0.5, 0.6) is 0 Å². The molecular formula is C9H13Br2Si. The molecule has 12 heavy (non-hydrogen) atoms. The first-order chi connectivity index (χ1) is 5.48. The Kier molecular flexibility index (Phi) is 2.13. The first kappa shape index (κ1) is 9.47. The highest BCUT2D eigenvalue weighted by atomic mass is 79.9. The molecule has 0 N–H and O–H groups in total. The predicted molar refractivity (Wildman–Crippen MR) is 61.9 cm³/mol. The van der Waals surface area contributed by atoms with Gasteiger partial charge >= 0.3 is 0 Å². The van der Waals surface area contributed by atoms with E-state index in [2.05, 4.69) is 56.6 Å². The maximum Gasteiger partial charge on any atom is 0.226 e. The molecule has 0 saturated heterocycles. The van der Waals surface area contributed by atoms with Gasteiger partial charge in [0.05, 0.1) is 0 Å². The van der Waals surface area contributed by atoms with Crippen molar-refractivity contribution < 1.29 is 0 Å². The lowest BCUT2D eigenvalue weighted by atomic mass is 9.79. The molecule has 1 saturated carbocycles. The summed E-state index contributed by atoms with van der Waals surface area (Å²) < 4.78 is 0. The van der Waals surface area contributed by atoms with Crippen LogP contribution in [-0.2, 0) is 0 Å². The van der Waals surface area contributed by atoms with Gasteiger partial charge < -0.3 is 0 Å². The summed E-state index contributed by atoms with van der Waals surface area (Å²) in [5.74, 6) is 0.857. The van der Waals surface area contributed by atoms with E-state index < -0.39 is 6.04 Å². The zero-order valence-electron chi connectivity index (χ0n) is 7.40. The van der Waals surface area contributed by atoms with Crippen LogP contribution in [0, 0.1) is 11.3 Å². The van der Waals surface area contributed by atoms with Crippen molar-refractivity contribution in [3.8, 4) is 0 Å². The monoisotopic (exact) mass is 307 g/mol. The number of hydrogen-bond acceptors (Lipinski definition) is 0. The van der Waals surface area contributed by atoms with Gasteiger partial charge in [-0.25, -0.2) is 0 Å². The first-order valence-electron chi connectivity index (χ1n) is 4.36. The third-order valence-corrected chi connectivity index (χ3v) is 9.52. The highest BCUT2D eigenvalue weighted by Crippen LogP contribution is 2.68. The quantitative estimate of drug-likeness (QED) is 0.390. The highest BCUT2D eigenvalue weighted by Gasteiger charge is 2.57. The van der Waals surface area contributed by atoms with Gasteiger partial charge in [-0.1, -0.05) is 26.0 Å². The highest BCUT2D eigenvalue weighted by molar-refractivity contribution is 9.49. The third kappa shape index (κ3) is 1.05. The topological polar surface area (TPSA) is 0 Å². The molecule has 2 bridgehead atoms. The molecule has 0 heterocycles. The van der Waals surface area contributed by atoms with Crippen molar-refractivity contribution in [1.82, 2.24) is 0 Å². The maximum atomic E-state index is 3.79. The number of fused-ring (bicyclic) bond motifs is 2. The molecule has 1 radical (unpaired) electrons. The fourth-order valence-electron chi connectivity index (χ4n) is 2.73. The largest absolute Gasteiger partial charge is 0.226 e. The second-order valence-corrected chi connectivity index (χ2v) is 14.0. The van der Waals surface area contributed by atoms with Crippen LogP contribution in [0.2, 0.25) is 5.04 Å². The van der Waals surface area contributed by atoms with E-state index >= 15 is 0 Å². The van der Waals surface area contributed by atoms with Gasteiger partial charge in [0.1, 0.15) is 0 Å². The molecule has 2 aliphatic rings. The molecule has 0 amide bonds. The van der Waals surface area contributed by atoms with E-state index in [0.29, 0.717) is 10.5 Å². The molecule has 2 atom stereocenters. The Balaban J connectivity index is 2.40. The normalized spacial score (nSPS) is 42.9. The van der Waals surface area contributed by atoms with Crippen LogP contribution in [0.25, 0.3) is 0 Å². The summed E-state index contributed by atoms with van der Waals surface area (Å²) >= 11 is 7.58. The van der Waals surface area contributed by atoms with Crippen molar-refractivity contribution in [3.63, 3.8) is 0 Å². The van der Waals surface area contributed by atoms with E-state index in [0.717, 1.165) is 5.92 Å². The number of rotatable bonds is 1. The number of allylic oxidation sites excluding steroid dienone is 2. The van der Waals surface area contributed by atoms with E-state index in [1.165, 1.54) is 12.8 Å². The molecule has 0 aromatic heterocycles. The van der Waals surface area contributed by atoms with Gasteiger partial charge in [0.15, 0.2) is 0 Å². The van der Waals surface area contributed by atoms with Crippen molar-refractivity contribution in [1.29, 1.82) is 0 Å². The van der Waals surface area contributed by atoms with Crippen molar-refractivity contribution in [2.75, 3.05) is 0 Å². The van der Waals surface area contributed by atoms with Gasteiger partial charge in [-0.05, 0) is 24.2 Å². The maximum absolute atomic E-state index is 3.79. The Hall–Kier alpha value is 0.917. The standard InChI is InChI=1S/C9H13Br2Si/c1-8(2)5-7-3-4-9(8,6-7)12(10)11/h3-4,7H,5-6H2,1-2H3. The summed E-state index contributed by atoms with van der Waals surface area (Å²) in [5.41, 5.74) is 0.494. The zero-order chi connectivity index (χ0) is 8.98. The lowest BCUT2D eigenvalue weighted by Gasteiger charge is -2.40. The Morgan fingerprint density at radius 1 is 1.33 bits per heavy atom. The van der Waals surface area contributed by atoms with E-state index in [-0.39, 0.29) is 0 Å². The smallest absolute Gasteiger partial charge is 0.111 e. The van der Waals surface area contributed by atoms with Crippen LogP contribution < -0.4 is 0 Å². The van der Waals surface area contributed by atoms with Crippen LogP contribution in [0.1, 0.15) is 26.7 Å². The van der Waals surface area contributed by atoms with Crippen molar-refractivity contribution in [3.05, 3.63) is 12.2 Å². The minimum Gasteiger partial charge on any atom is -0.111 e. The molecule has 0 aromatic rings. The average molecular weight is 309 g/mol. The lowest BCUT2D eigenvalue weighted by Crippen LogP contribution is -2.32. The number of halogens is 2. The van der Waals surface area contributed by atoms with Gasteiger partial charge in [-0.15, -0.1) is 30.6 Å². The molecule has 2 unspecified atom stereocenters. The van der Waals surface area contributed by atoms with Crippen molar-refractivity contribution in [2.45, 2.75) is 31.7 Å². The van der Waals surface area contributed by atoms with Crippen LogP contribution in [-0.4, -0.2) is 6.04 Å². The summed E-state index contributed by atoms with van der Waals surface area (Å²) in [6.45, 7) is 4.81. The van der Waals surface area contributed by atoms with Crippen LogP contribution in [0.4, 0.5) is 0 Å². The molecule has 0 aromatic carbocycles. The molecule has 1 fully saturated rings. The molecule has 2 rings (SSSR count). The van der Waals surface area contributed by atoms with Gasteiger partial charge in [0.25, 0.3) is 0 Å². The molecule has 0 nitrogen and oxygen atoms in total. The Morgan fingerprint density at radius 2 is 2.00 bits per heavy atom. The third-order valence-electron chi connectivity index (χ3n) is 3.55. The summed E-state index contributed by atoms with van der Waals surface area (Å²) in [6.07, 6.45) is 7.61. The Bertz CT molecular complexity index is 235. The SMILES string of the molecule is CC1(C)CC2C=CC1([Si](Br)Br)C2. The van der Waals surface area contributed by atoms with Crippen LogP contribution >= 0.6 is 30.6 Å². The predicted octanol–water partition coefficient (Wildman–Crippen LogP) is 4.01. The van der Waals surface area contributed by atoms with E-state index in [1.807, 2.05) is 0 Å². The average Bonchev–Trinajstić information content (AvgIpc) is 2.40. The number of hydrogen-bond donors (Lipinski definition) is 0. The van der Waals surface area contributed by atoms with E-state index in [4.69, 9.17) is 0 Å². The minimum absolute atomic E-state index is 0.461. The van der Waals surface area contributed by atoms with E-state index in [9.17, 15) is 0 Å². The van der Waals surface area contributed by atoms with Gasteiger partial charge in [-0.2, -0.15) is 0 Å². The molecular weight excluding hydrogens is 296 g/mol. The van der Waals surface area contributed by atoms with Gasteiger partial charge in [-0.3, -0.25) is 0 Å². The second-order valence-electron chi connectivity index (χ2n) is 4.64. The summed E-state index contributed by atoms with van der Waals surface area (Å²) in [5, 5.41) is 0.461. The first-order valence-corrected chi connectivity index (χ1v) is 10.4. The summed E-state index contributed by atoms with van der Waals surface area (Å²) in [7, 11) is 0. The van der Waals surface area contributed by atoms with E-state index in [1.54, 1.807) is 0 Å². The summed E-state index contributed by atoms with van der Waals surface area (Å²) in [4.78, 5) is 0. The minimum atomic E-state index is -0.549. The van der Waals surface area contributed by atoms with Gasteiger partial charge in [0, 0.05) is 5.04 Å². The lowest BCUT2D eigenvalue weighted by molar-refractivity contribution is 0.312. The molecule has 67 valence electrons. The molecule has 3 heteroatoms. The fourth-order valence-corrected chi connectivity index (χ4v) is 8.96. The molecule has 0 aliphatic heterocycles. The zero-order valence-corrected chi connectivity index (χ0v) is 11.6. The van der Waals surface area contributed by atoms with Crippen LogP contribution in [0.3, 0.4) is 0 Å². The van der Waals surface area contributed by atoms with Crippen molar-refractivity contribution in [2.24, 2.45) is 11.3 Å². The van der Waals surface area contributed by atoms with Gasteiger partial charge in [0.2, 0.25) is 6.04 Å². The van der Waals surface area contributed by atoms with Crippen LogP contribution in [0.15, 0.2) is 12.2 Å². The fraction of sp³-hybridized carbons (Fsp3) is 0.778. The van der Waals surface area contributed by atoms with Crippen molar-refractivity contribution >= 4 is 36.6 Å².